The van der Waals surface area contributed by atoms with Crippen molar-refractivity contribution in [3.05, 3.63) is 65.2 Å². The molecule has 3 heterocycles. The molecule has 0 radical (unpaired) electrons. The fourth-order valence-corrected chi connectivity index (χ4v) is 4.37. The summed E-state index contributed by atoms with van der Waals surface area (Å²) in [5.41, 5.74) is 0.915. The number of amides is 2. The van der Waals surface area contributed by atoms with Crippen LogP contribution in [0.4, 0.5) is 5.69 Å². The molecule has 8 nitrogen and oxygen atoms in total. The smallest absolute Gasteiger partial charge is 0.265 e. The molecule has 0 spiro atoms. The van der Waals surface area contributed by atoms with Crippen LogP contribution in [-0.2, 0) is 16.1 Å². The summed E-state index contributed by atoms with van der Waals surface area (Å²) < 4.78 is 7.30. The van der Waals surface area contributed by atoms with Crippen LogP contribution in [-0.4, -0.2) is 52.0 Å². The number of benzene rings is 2. The van der Waals surface area contributed by atoms with Gasteiger partial charge in [-0.15, -0.1) is 0 Å². The van der Waals surface area contributed by atoms with Gasteiger partial charge in [0.1, 0.15) is 12.3 Å². The first-order chi connectivity index (χ1) is 15.6. The van der Waals surface area contributed by atoms with Gasteiger partial charge in [-0.3, -0.25) is 19.0 Å². The molecular weight excluding hydrogens is 408 g/mol. The number of rotatable bonds is 3. The van der Waals surface area contributed by atoms with Crippen LogP contribution in [0.3, 0.4) is 0 Å². The van der Waals surface area contributed by atoms with Gasteiger partial charge >= 0.3 is 0 Å². The van der Waals surface area contributed by atoms with E-state index in [-0.39, 0.29) is 30.5 Å². The van der Waals surface area contributed by atoms with Crippen molar-refractivity contribution in [3.63, 3.8) is 0 Å². The van der Waals surface area contributed by atoms with Crippen molar-refractivity contribution in [1.82, 2.24) is 14.5 Å². The van der Waals surface area contributed by atoms with E-state index in [2.05, 4.69) is 4.98 Å². The fraction of sp³-hybridized carbons (Fsp3) is 0.333. The Morgan fingerprint density at radius 2 is 1.75 bits per heavy atom. The maximum atomic E-state index is 13.3. The summed E-state index contributed by atoms with van der Waals surface area (Å²) in [6.45, 7) is 1.37. The molecule has 1 saturated heterocycles. The third-order valence-electron chi connectivity index (χ3n) is 6.06. The molecule has 2 aromatic carbocycles. The van der Waals surface area contributed by atoms with Crippen molar-refractivity contribution in [1.29, 1.82) is 0 Å². The van der Waals surface area contributed by atoms with Gasteiger partial charge in [0.25, 0.3) is 11.5 Å². The monoisotopic (exact) mass is 432 g/mol. The van der Waals surface area contributed by atoms with Crippen LogP contribution in [0.5, 0.6) is 5.75 Å². The summed E-state index contributed by atoms with van der Waals surface area (Å²) in [6.07, 6.45) is 3.71. The summed E-state index contributed by atoms with van der Waals surface area (Å²) in [4.78, 5) is 46.9. The Morgan fingerprint density at radius 1 is 1.00 bits per heavy atom. The van der Waals surface area contributed by atoms with Gasteiger partial charge in [-0.05, 0) is 43.5 Å². The Balaban J connectivity index is 1.42. The van der Waals surface area contributed by atoms with E-state index in [9.17, 15) is 14.4 Å². The molecule has 2 aliphatic heterocycles. The predicted molar refractivity (Wildman–Crippen MR) is 120 cm³/mol. The number of piperidine rings is 1. The summed E-state index contributed by atoms with van der Waals surface area (Å²) in [7, 11) is 0. The molecule has 8 heteroatoms. The predicted octanol–water partition coefficient (Wildman–Crippen LogP) is 2.20. The highest BCUT2D eigenvalue weighted by molar-refractivity contribution is 5.97. The normalized spacial score (nSPS) is 18.2. The lowest BCUT2D eigenvalue weighted by Crippen LogP contribution is -2.53. The minimum Gasteiger partial charge on any atom is -0.476 e. The van der Waals surface area contributed by atoms with E-state index in [1.807, 2.05) is 23.1 Å². The van der Waals surface area contributed by atoms with Crippen molar-refractivity contribution in [3.8, 4) is 5.75 Å². The van der Waals surface area contributed by atoms with Gasteiger partial charge in [-0.2, -0.15) is 0 Å². The zero-order valence-corrected chi connectivity index (χ0v) is 17.6. The van der Waals surface area contributed by atoms with E-state index in [4.69, 9.17) is 4.74 Å². The molecule has 2 aliphatic rings. The summed E-state index contributed by atoms with van der Waals surface area (Å²) in [5.74, 6) is 0.101. The van der Waals surface area contributed by atoms with Crippen LogP contribution in [0.1, 0.15) is 19.3 Å². The van der Waals surface area contributed by atoms with Gasteiger partial charge in [0.05, 0.1) is 29.5 Å². The first-order valence-electron chi connectivity index (χ1n) is 10.9. The van der Waals surface area contributed by atoms with Crippen molar-refractivity contribution in [2.24, 2.45) is 0 Å². The highest BCUT2D eigenvalue weighted by Gasteiger charge is 2.36. The average Bonchev–Trinajstić information content (AvgIpc) is 2.85. The number of likely N-dealkylation sites (tertiary alicyclic amines) is 1. The minimum absolute atomic E-state index is 0.0958. The lowest BCUT2D eigenvalue weighted by atomic mass is 10.1. The highest BCUT2D eigenvalue weighted by Crippen LogP contribution is 2.34. The largest absolute Gasteiger partial charge is 0.476 e. The minimum atomic E-state index is -0.765. The van der Waals surface area contributed by atoms with Crippen LogP contribution < -0.4 is 15.2 Å². The SMILES string of the molecule is O=C(C1CN(C(=O)Cn2cnc3ccccc3c2=O)c2ccccc2O1)N1CCCCC1. The lowest BCUT2D eigenvalue weighted by Gasteiger charge is -2.37. The van der Waals surface area contributed by atoms with Crippen LogP contribution in [0.15, 0.2) is 59.7 Å². The third kappa shape index (κ3) is 3.72. The molecule has 0 bridgehead atoms. The van der Waals surface area contributed by atoms with Gasteiger partial charge in [0, 0.05) is 13.1 Å². The molecule has 164 valence electrons. The van der Waals surface area contributed by atoms with Gasteiger partial charge in [-0.25, -0.2) is 4.98 Å². The Hall–Kier alpha value is -3.68. The third-order valence-corrected chi connectivity index (χ3v) is 6.06. The van der Waals surface area contributed by atoms with Crippen LogP contribution in [0.25, 0.3) is 10.9 Å². The topological polar surface area (TPSA) is 84.7 Å². The number of carbonyl (C=O) groups excluding carboxylic acids is 2. The van der Waals surface area contributed by atoms with Crippen LogP contribution in [0, 0.1) is 0 Å². The van der Waals surface area contributed by atoms with Crippen molar-refractivity contribution in [2.75, 3.05) is 24.5 Å². The van der Waals surface area contributed by atoms with Crippen molar-refractivity contribution >= 4 is 28.4 Å². The Morgan fingerprint density at radius 3 is 2.59 bits per heavy atom. The fourth-order valence-electron chi connectivity index (χ4n) is 4.37. The highest BCUT2D eigenvalue weighted by atomic mass is 16.5. The molecule has 1 aromatic heterocycles. The van der Waals surface area contributed by atoms with E-state index in [0.717, 1.165) is 19.3 Å². The molecule has 0 aliphatic carbocycles. The average molecular weight is 432 g/mol. The summed E-state index contributed by atoms with van der Waals surface area (Å²) >= 11 is 0. The van der Waals surface area contributed by atoms with Crippen molar-refractivity contribution < 1.29 is 14.3 Å². The molecule has 32 heavy (non-hydrogen) atoms. The molecule has 1 fully saturated rings. The molecule has 1 unspecified atom stereocenters. The second-order valence-corrected chi connectivity index (χ2v) is 8.16. The van der Waals surface area contributed by atoms with E-state index < -0.39 is 6.10 Å². The molecule has 3 aromatic rings. The zero-order chi connectivity index (χ0) is 22.1. The van der Waals surface area contributed by atoms with Gasteiger partial charge in [0.15, 0.2) is 6.10 Å². The Bertz CT molecular complexity index is 1230. The Labute approximate surface area is 185 Å². The quantitative estimate of drug-likeness (QED) is 0.634. The zero-order valence-electron chi connectivity index (χ0n) is 17.6. The van der Waals surface area contributed by atoms with E-state index >= 15 is 0 Å². The lowest BCUT2D eigenvalue weighted by molar-refractivity contribution is -0.139. The number of nitrogens with zero attached hydrogens (tertiary/aromatic N) is 4. The van der Waals surface area contributed by atoms with Crippen LogP contribution in [0.2, 0.25) is 0 Å². The van der Waals surface area contributed by atoms with Crippen LogP contribution >= 0.6 is 0 Å². The van der Waals surface area contributed by atoms with Gasteiger partial charge < -0.3 is 14.5 Å². The summed E-state index contributed by atoms with van der Waals surface area (Å²) in [5, 5.41) is 0.461. The number of carbonyl (C=O) groups is 2. The number of ether oxygens (including phenoxy) is 1. The second kappa shape index (κ2) is 8.45. The maximum Gasteiger partial charge on any atom is 0.265 e. The second-order valence-electron chi connectivity index (χ2n) is 8.16. The van der Waals surface area contributed by atoms with Gasteiger partial charge in [0.2, 0.25) is 5.91 Å². The number of para-hydroxylation sites is 3. The first-order valence-corrected chi connectivity index (χ1v) is 10.9. The first kappa shape index (κ1) is 20.2. The molecule has 2 amide bonds. The standard InChI is InChI=1S/C24H24N4O4/c29-22(15-27-16-25-18-9-3-2-8-17(18)23(27)30)28-14-21(24(31)26-12-6-1-7-13-26)32-20-11-5-4-10-19(20)28/h2-5,8-11,16,21H,1,6-7,12-15H2. The number of aromatic nitrogens is 2. The number of fused-ring (bicyclic) bond motifs is 2. The number of hydrogen-bond acceptors (Lipinski definition) is 5. The Kier molecular flexibility index (Phi) is 5.34. The summed E-state index contributed by atoms with van der Waals surface area (Å²) in [6, 6.07) is 14.2. The van der Waals surface area contributed by atoms with Gasteiger partial charge in [-0.1, -0.05) is 24.3 Å². The van der Waals surface area contributed by atoms with E-state index in [0.29, 0.717) is 35.4 Å². The molecule has 0 saturated carbocycles. The van der Waals surface area contributed by atoms with E-state index in [1.54, 1.807) is 35.2 Å². The molecule has 5 rings (SSSR count). The number of hydrogen-bond donors (Lipinski definition) is 0. The van der Waals surface area contributed by atoms with E-state index in [1.165, 1.54) is 10.9 Å². The molecular formula is C24H24N4O4. The molecule has 0 N–H and O–H groups in total. The number of anilines is 1. The van der Waals surface area contributed by atoms with Crippen molar-refractivity contribution in [2.45, 2.75) is 31.9 Å². The maximum absolute atomic E-state index is 13.3. The molecule has 1 atom stereocenters.